The van der Waals surface area contributed by atoms with E-state index in [1.807, 2.05) is 0 Å². The van der Waals surface area contributed by atoms with Gasteiger partial charge in [-0.2, -0.15) is 0 Å². The Balaban J connectivity index is 1.91. The Morgan fingerprint density at radius 1 is 1.27 bits per heavy atom. The molecule has 0 aliphatic carbocycles. The van der Waals surface area contributed by atoms with Crippen molar-refractivity contribution in [3.8, 4) is 5.75 Å². The molecule has 1 heterocycles. The quantitative estimate of drug-likeness (QED) is 0.861. The van der Waals surface area contributed by atoms with Gasteiger partial charge in [0.25, 0.3) is 0 Å². The molecule has 0 spiro atoms. The Labute approximate surface area is 132 Å². The molecule has 0 bridgehead atoms. The summed E-state index contributed by atoms with van der Waals surface area (Å²) in [6, 6.07) is 4.39. The molecule has 0 aromatic heterocycles. The van der Waals surface area contributed by atoms with Crippen molar-refractivity contribution in [3.63, 3.8) is 0 Å². The predicted octanol–water partition coefficient (Wildman–Crippen LogP) is 3.68. The first-order valence-electron chi connectivity index (χ1n) is 7.25. The van der Waals surface area contributed by atoms with E-state index in [0.717, 1.165) is 13.1 Å². The van der Waals surface area contributed by atoms with Crippen LogP contribution in [0.5, 0.6) is 5.75 Å². The minimum Gasteiger partial charge on any atom is -0.404 e. The summed E-state index contributed by atoms with van der Waals surface area (Å²) in [4.78, 5) is 0. The van der Waals surface area contributed by atoms with E-state index >= 15 is 0 Å². The van der Waals surface area contributed by atoms with Crippen LogP contribution in [0.25, 0.3) is 0 Å². The summed E-state index contributed by atoms with van der Waals surface area (Å²) >= 11 is 5.71. The Morgan fingerprint density at radius 2 is 1.95 bits per heavy atom. The third kappa shape index (κ3) is 5.34. The molecule has 1 aromatic rings. The summed E-state index contributed by atoms with van der Waals surface area (Å²) in [5.74, 6) is -0.382. The molecule has 0 atom stereocenters. The molecule has 1 saturated heterocycles. The minimum atomic E-state index is -4.76. The largest absolute Gasteiger partial charge is 0.573 e. The van der Waals surface area contributed by atoms with Crippen LogP contribution < -0.4 is 10.1 Å². The number of benzene rings is 1. The Kier molecular flexibility index (Phi) is 5.58. The predicted molar refractivity (Wildman–Crippen MR) is 78.1 cm³/mol. The van der Waals surface area contributed by atoms with E-state index in [0.29, 0.717) is 37.7 Å². The maximum atomic E-state index is 12.3. The number of hydrogen-bond acceptors (Lipinski definition) is 3. The van der Waals surface area contributed by atoms with Gasteiger partial charge in [-0.15, -0.1) is 13.2 Å². The fourth-order valence-corrected chi connectivity index (χ4v) is 2.83. The molecule has 124 valence electrons. The fraction of sp³-hybridized carbons (Fsp3) is 0.600. The summed E-state index contributed by atoms with van der Waals surface area (Å²) in [7, 11) is 0. The van der Waals surface area contributed by atoms with Crippen LogP contribution in [-0.2, 0) is 6.42 Å². The number of aryl methyl sites for hydroxylation is 1. The Bertz CT molecular complexity index is 502. The number of ether oxygens (including phenoxy) is 1. The van der Waals surface area contributed by atoms with Crippen LogP contribution in [0.15, 0.2) is 18.2 Å². The Morgan fingerprint density at radius 3 is 2.59 bits per heavy atom. The van der Waals surface area contributed by atoms with E-state index in [4.69, 9.17) is 11.6 Å². The maximum Gasteiger partial charge on any atom is 0.573 e. The highest BCUT2D eigenvalue weighted by Gasteiger charge is 2.32. The molecule has 0 unspecified atom stereocenters. The lowest BCUT2D eigenvalue weighted by Gasteiger charge is -2.32. The molecule has 3 nitrogen and oxygen atoms in total. The fourth-order valence-electron chi connectivity index (χ4n) is 2.67. The lowest BCUT2D eigenvalue weighted by Crippen LogP contribution is -2.41. The number of alkyl halides is 3. The monoisotopic (exact) mass is 337 g/mol. The van der Waals surface area contributed by atoms with Crippen LogP contribution in [0, 0.1) is 0 Å². The van der Waals surface area contributed by atoms with Gasteiger partial charge in [-0.3, -0.25) is 0 Å². The average Bonchev–Trinajstić information content (AvgIpc) is 2.41. The number of rotatable bonds is 5. The third-order valence-electron chi connectivity index (χ3n) is 3.86. The number of aliphatic hydroxyl groups is 1. The van der Waals surface area contributed by atoms with Gasteiger partial charge in [-0.05, 0) is 62.9 Å². The topological polar surface area (TPSA) is 41.5 Å². The second-order valence-electron chi connectivity index (χ2n) is 5.64. The molecule has 0 amide bonds. The highest BCUT2D eigenvalue weighted by atomic mass is 35.5. The highest BCUT2D eigenvalue weighted by Crippen LogP contribution is 2.32. The van der Waals surface area contributed by atoms with Gasteiger partial charge < -0.3 is 15.2 Å². The van der Waals surface area contributed by atoms with Crippen LogP contribution in [-0.4, -0.2) is 30.2 Å². The number of piperidine rings is 1. The third-order valence-corrected chi connectivity index (χ3v) is 4.18. The first kappa shape index (κ1) is 17.4. The second-order valence-corrected chi connectivity index (χ2v) is 6.05. The summed E-state index contributed by atoms with van der Waals surface area (Å²) in [5, 5.41) is 13.5. The van der Waals surface area contributed by atoms with E-state index in [2.05, 4.69) is 10.1 Å². The molecule has 22 heavy (non-hydrogen) atoms. The first-order chi connectivity index (χ1) is 10.3. The molecule has 0 saturated carbocycles. The lowest BCUT2D eigenvalue weighted by atomic mass is 9.87. The minimum absolute atomic E-state index is 0.0712. The molecule has 1 fully saturated rings. The SMILES string of the molecule is OC1(CCCc2ccc(Cl)c(OC(F)(F)F)c2)CCNCC1. The van der Waals surface area contributed by atoms with Crippen LogP contribution in [0.1, 0.15) is 31.2 Å². The zero-order chi connectivity index (χ0) is 16.2. The number of nitrogens with one attached hydrogen (secondary N) is 1. The van der Waals surface area contributed by atoms with Gasteiger partial charge in [-0.25, -0.2) is 0 Å². The van der Waals surface area contributed by atoms with Crippen molar-refractivity contribution in [1.29, 1.82) is 0 Å². The normalized spacial score (nSPS) is 18.2. The zero-order valence-electron chi connectivity index (χ0n) is 12.0. The molecule has 1 aliphatic rings. The molecular formula is C15H19ClF3NO2. The van der Waals surface area contributed by atoms with Crippen molar-refractivity contribution in [3.05, 3.63) is 28.8 Å². The van der Waals surface area contributed by atoms with Gasteiger partial charge in [0.1, 0.15) is 5.75 Å². The number of halogens is 4. The lowest BCUT2D eigenvalue weighted by molar-refractivity contribution is -0.274. The molecule has 7 heteroatoms. The van der Waals surface area contributed by atoms with Crippen molar-refractivity contribution >= 4 is 11.6 Å². The number of hydrogen-bond donors (Lipinski definition) is 2. The van der Waals surface area contributed by atoms with Crippen molar-refractivity contribution < 1.29 is 23.0 Å². The van der Waals surface area contributed by atoms with Crippen molar-refractivity contribution in [2.45, 2.75) is 44.1 Å². The first-order valence-corrected chi connectivity index (χ1v) is 7.63. The molecule has 1 aliphatic heterocycles. The van der Waals surface area contributed by atoms with E-state index in [-0.39, 0.29) is 10.8 Å². The standard InChI is InChI=1S/C15H19ClF3NO2/c16-12-4-3-11(10-13(12)22-15(17,18)19)2-1-5-14(21)6-8-20-9-7-14/h3-4,10,20-21H,1-2,5-9H2. The van der Waals surface area contributed by atoms with Crippen LogP contribution in [0.4, 0.5) is 13.2 Å². The van der Waals surface area contributed by atoms with Gasteiger partial charge in [-0.1, -0.05) is 17.7 Å². The molecule has 0 radical (unpaired) electrons. The van der Waals surface area contributed by atoms with E-state index in [9.17, 15) is 18.3 Å². The zero-order valence-corrected chi connectivity index (χ0v) is 12.8. The van der Waals surface area contributed by atoms with Gasteiger partial charge in [0, 0.05) is 0 Å². The average molecular weight is 338 g/mol. The summed E-state index contributed by atoms with van der Waals surface area (Å²) < 4.78 is 40.7. The second kappa shape index (κ2) is 7.06. The summed E-state index contributed by atoms with van der Waals surface area (Å²) in [6.45, 7) is 1.59. The van der Waals surface area contributed by atoms with E-state index in [1.54, 1.807) is 6.07 Å². The van der Waals surface area contributed by atoms with Gasteiger partial charge >= 0.3 is 6.36 Å². The summed E-state index contributed by atoms with van der Waals surface area (Å²) in [5.41, 5.74) is 0.0457. The van der Waals surface area contributed by atoms with Crippen molar-refractivity contribution in [2.24, 2.45) is 0 Å². The van der Waals surface area contributed by atoms with Crippen LogP contribution in [0.3, 0.4) is 0 Å². The van der Waals surface area contributed by atoms with Crippen molar-refractivity contribution in [1.82, 2.24) is 5.32 Å². The highest BCUT2D eigenvalue weighted by molar-refractivity contribution is 6.32. The van der Waals surface area contributed by atoms with Gasteiger partial charge in [0.05, 0.1) is 10.6 Å². The van der Waals surface area contributed by atoms with E-state index in [1.165, 1.54) is 12.1 Å². The van der Waals surface area contributed by atoms with Crippen molar-refractivity contribution in [2.75, 3.05) is 13.1 Å². The van der Waals surface area contributed by atoms with Crippen LogP contribution >= 0.6 is 11.6 Å². The molecular weight excluding hydrogens is 319 g/mol. The van der Waals surface area contributed by atoms with E-state index < -0.39 is 12.0 Å². The smallest absolute Gasteiger partial charge is 0.404 e. The van der Waals surface area contributed by atoms with Crippen LogP contribution in [0.2, 0.25) is 5.02 Å². The molecule has 2 rings (SSSR count). The molecule has 1 aromatic carbocycles. The summed E-state index contributed by atoms with van der Waals surface area (Å²) in [6.07, 6.45) is -1.45. The van der Waals surface area contributed by atoms with Gasteiger partial charge in [0.15, 0.2) is 0 Å². The molecule has 2 N–H and O–H groups in total. The Hall–Kier alpha value is -0.980. The maximum absolute atomic E-state index is 12.3. The van der Waals surface area contributed by atoms with Gasteiger partial charge in [0.2, 0.25) is 0 Å².